The van der Waals surface area contributed by atoms with Crippen LogP contribution in [0.5, 0.6) is 0 Å². The highest BCUT2D eigenvalue weighted by Gasteiger charge is 2.27. The number of aromatic nitrogens is 1. The largest absolute Gasteiger partial charge is 0.379 e. The zero-order valence-corrected chi connectivity index (χ0v) is 14.9. The summed E-state index contributed by atoms with van der Waals surface area (Å²) in [4.78, 5) is 4.85. The van der Waals surface area contributed by atoms with Crippen molar-refractivity contribution in [1.82, 2.24) is 10.3 Å². The molecule has 0 bridgehead atoms. The second-order valence-electron chi connectivity index (χ2n) is 7.00. The van der Waals surface area contributed by atoms with E-state index in [1.165, 1.54) is 10.7 Å². The first-order valence-corrected chi connectivity index (χ1v) is 8.32. The first-order chi connectivity index (χ1) is 9.19. The molecule has 0 radical (unpaired) electrons. The van der Waals surface area contributed by atoms with Crippen molar-refractivity contribution in [3.05, 3.63) is 16.1 Å². The van der Waals surface area contributed by atoms with E-state index in [0.717, 1.165) is 19.4 Å². The molecule has 0 aromatic carbocycles. The Kier molecular flexibility index (Phi) is 6.17. The highest BCUT2D eigenvalue weighted by Crippen LogP contribution is 2.31. The molecule has 3 nitrogen and oxygen atoms in total. The maximum absolute atomic E-state index is 5.58. The number of nitrogens with zero attached hydrogens (tertiary/aromatic N) is 1. The van der Waals surface area contributed by atoms with Gasteiger partial charge >= 0.3 is 0 Å². The van der Waals surface area contributed by atoms with Crippen LogP contribution in [0.15, 0.2) is 5.38 Å². The number of hydrogen-bond donors (Lipinski definition) is 1. The van der Waals surface area contributed by atoms with E-state index in [2.05, 4.69) is 52.2 Å². The highest BCUT2D eigenvalue weighted by molar-refractivity contribution is 7.09. The Bertz CT molecular complexity index is 407. The molecule has 4 heteroatoms. The Balaban J connectivity index is 2.90. The van der Waals surface area contributed by atoms with Gasteiger partial charge in [0.05, 0.1) is 17.3 Å². The third-order valence-electron chi connectivity index (χ3n) is 3.48. The van der Waals surface area contributed by atoms with E-state index in [4.69, 9.17) is 9.72 Å². The molecule has 116 valence electrons. The second kappa shape index (κ2) is 7.01. The predicted molar refractivity (Wildman–Crippen MR) is 87.6 cm³/mol. The summed E-state index contributed by atoms with van der Waals surface area (Å²) in [5, 5.41) is 6.97. The SMILES string of the molecule is CCCNC(CC(C)(C)OC)c1nc(C(C)(C)C)cs1. The number of nitrogens with one attached hydrogen (secondary N) is 1. The van der Waals surface area contributed by atoms with Gasteiger partial charge in [-0.2, -0.15) is 0 Å². The number of rotatable bonds is 7. The van der Waals surface area contributed by atoms with Crippen LogP contribution in [0.1, 0.15) is 71.1 Å². The molecule has 0 fully saturated rings. The Labute approximate surface area is 128 Å². The minimum atomic E-state index is -0.140. The van der Waals surface area contributed by atoms with Crippen molar-refractivity contribution in [3.63, 3.8) is 0 Å². The zero-order valence-electron chi connectivity index (χ0n) is 14.0. The fourth-order valence-corrected chi connectivity index (χ4v) is 3.05. The van der Waals surface area contributed by atoms with E-state index in [9.17, 15) is 0 Å². The minimum absolute atomic E-state index is 0.112. The van der Waals surface area contributed by atoms with Gasteiger partial charge in [-0.1, -0.05) is 27.7 Å². The quantitative estimate of drug-likeness (QED) is 0.815. The van der Waals surface area contributed by atoms with E-state index < -0.39 is 0 Å². The van der Waals surface area contributed by atoms with Gasteiger partial charge in [-0.3, -0.25) is 0 Å². The van der Waals surface area contributed by atoms with Crippen LogP contribution in [-0.2, 0) is 10.2 Å². The third kappa shape index (κ3) is 5.15. The molecule has 20 heavy (non-hydrogen) atoms. The second-order valence-corrected chi connectivity index (χ2v) is 7.89. The van der Waals surface area contributed by atoms with Crippen LogP contribution < -0.4 is 5.32 Å². The van der Waals surface area contributed by atoms with Crippen molar-refractivity contribution >= 4 is 11.3 Å². The predicted octanol–water partition coefficient (Wildman–Crippen LogP) is 4.30. The molecule has 0 aliphatic heterocycles. The van der Waals surface area contributed by atoms with Crippen molar-refractivity contribution in [2.24, 2.45) is 0 Å². The summed E-state index contributed by atoms with van der Waals surface area (Å²) in [7, 11) is 1.78. The zero-order chi connectivity index (χ0) is 15.4. The molecule has 1 unspecified atom stereocenters. The molecular formula is C16H30N2OS. The molecule has 1 N–H and O–H groups in total. The Morgan fingerprint density at radius 2 is 1.95 bits per heavy atom. The normalized spacial score (nSPS) is 14.6. The van der Waals surface area contributed by atoms with Crippen LogP contribution in [0.4, 0.5) is 0 Å². The molecule has 0 saturated carbocycles. The molecule has 1 aromatic heterocycles. The van der Waals surface area contributed by atoms with E-state index in [1.807, 2.05) is 0 Å². The van der Waals surface area contributed by atoms with Crippen molar-refractivity contribution in [2.75, 3.05) is 13.7 Å². The summed E-state index contributed by atoms with van der Waals surface area (Å²) >= 11 is 1.76. The molecule has 1 rings (SSSR count). The standard InChI is InChI=1S/C16H30N2OS/c1-8-9-17-12(10-16(5,6)19-7)14-18-13(11-20-14)15(2,3)4/h11-12,17H,8-10H2,1-7H3. The van der Waals surface area contributed by atoms with Crippen molar-refractivity contribution in [1.29, 1.82) is 0 Å². The van der Waals surface area contributed by atoms with Gasteiger partial charge in [-0.15, -0.1) is 11.3 Å². The lowest BCUT2D eigenvalue weighted by molar-refractivity contribution is 0.00681. The van der Waals surface area contributed by atoms with Gasteiger partial charge in [0.1, 0.15) is 5.01 Å². The Hall–Kier alpha value is -0.450. The summed E-state index contributed by atoms with van der Waals surface area (Å²) in [6.45, 7) is 14.1. The van der Waals surface area contributed by atoms with E-state index in [0.29, 0.717) is 0 Å². The van der Waals surface area contributed by atoms with Crippen molar-refractivity contribution < 1.29 is 4.74 Å². The first-order valence-electron chi connectivity index (χ1n) is 7.44. The average molecular weight is 298 g/mol. The summed E-state index contributed by atoms with van der Waals surface area (Å²) in [5.74, 6) is 0. The topological polar surface area (TPSA) is 34.1 Å². The fourth-order valence-electron chi connectivity index (χ4n) is 1.93. The van der Waals surface area contributed by atoms with E-state index in [1.54, 1.807) is 18.4 Å². The van der Waals surface area contributed by atoms with Gasteiger partial charge < -0.3 is 10.1 Å². The molecule has 0 aliphatic rings. The molecular weight excluding hydrogens is 268 g/mol. The summed E-state index contributed by atoms with van der Waals surface area (Å²) in [6, 6.07) is 0.269. The van der Waals surface area contributed by atoms with Gasteiger partial charge in [0, 0.05) is 17.9 Å². The van der Waals surface area contributed by atoms with Gasteiger partial charge in [-0.05, 0) is 33.2 Å². The minimum Gasteiger partial charge on any atom is -0.379 e. The number of thiazole rings is 1. The summed E-state index contributed by atoms with van der Waals surface area (Å²) < 4.78 is 5.58. The van der Waals surface area contributed by atoms with Crippen LogP contribution in [-0.4, -0.2) is 24.2 Å². The third-order valence-corrected chi connectivity index (χ3v) is 4.44. The van der Waals surface area contributed by atoms with Crippen LogP contribution in [0.25, 0.3) is 0 Å². The molecule has 1 atom stereocenters. The van der Waals surface area contributed by atoms with Gasteiger partial charge in [0.25, 0.3) is 0 Å². The lowest BCUT2D eigenvalue weighted by Gasteiger charge is -2.28. The lowest BCUT2D eigenvalue weighted by Crippen LogP contribution is -2.32. The lowest BCUT2D eigenvalue weighted by atomic mass is 9.93. The maximum atomic E-state index is 5.58. The molecule has 0 spiro atoms. The maximum Gasteiger partial charge on any atom is 0.110 e. The number of ether oxygens (including phenoxy) is 1. The first kappa shape index (κ1) is 17.6. The summed E-state index contributed by atoms with van der Waals surface area (Å²) in [6.07, 6.45) is 2.06. The van der Waals surface area contributed by atoms with Crippen LogP contribution in [0, 0.1) is 0 Å². The molecule has 1 heterocycles. The van der Waals surface area contributed by atoms with E-state index in [-0.39, 0.29) is 17.1 Å². The fraction of sp³-hybridized carbons (Fsp3) is 0.812. The highest BCUT2D eigenvalue weighted by atomic mass is 32.1. The monoisotopic (exact) mass is 298 g/mol. The molecule has 0 amide bonds. The van der Waals surface area contributed by atoms with E-state index >= 15 is 0 Å². The van der Waals surface area contributed by atoms with Crippen molar-refractivity contribution in [2.45, 2.75) is 71.4 Å². The summed E-state index contributed by atoms with van der Waals surface area (Å²) in [5.41, 5.74) is 1.15. The van der Waals surface area contributed by atoms with Crippen molar-refractivity contribution in [3.8, 4) is 0 Å². The van der Waals surface area contributed by atoms with Gasteiger partial charge in [-0.25, -0.2) is 4.98 Å². The molecule has 1 aromatic rings. The van der Waals surface area contributed by atoms with Crippen LogP contribution in [0.2, 0.25) is 0 Å². The Morgan fingerprint density at radius 3 is 2.40 bits per heavy atom. The number of methoxy groups -OCH3 is 1. The number of hydrogen-bond acceptors (Lipinski definition) is 4. The van der Waals surface area contributed by atoms with Crippen LogP contribution in [0.3, 0.4) is 0 Å². The molecule has 0 aliphatic carbocycles. The smallest absolute Gasteiger partial charge is 0.110 e. The average Bonchev–Trinajstić information content (AvgIpc) is 2.83. The Morgan fingerprint density at radius 1 is 1.30 bits per heavy atom. The van der Waals surface area contributed by atoms with Crippen LogP contribution >= 0.6 is 11.3 Å². The van der Waals surface area contributed by atoms with Gasteiger partial charge in [0.15, 0.2) is 0 Å². The molecule has 0 saturated heterocycles. The van der Waals surface area contributed by atoms with Gasteiger partial charge in [0.2, 0.25) is 0 Å².